The molecule has 3 aromatic rings. The van der Waals surface area contributed by atoms with Gasteiger partial charge in [-0.1, -0.05) is 44.2 Å². The van der Waals surface area contributed by atoms with Gasteiger partial charge >= 0.3 is 0 Å². The lowest BCUT2D eigenvalue weighted by atomic mass is 10.0. The monoisotopic (exact) mass is 546 g/mol. The number of rotatable bonds is 5. The fraction of sp³-hybridized carbons (Fsp3) is 0.379. The summed E-state index contributed by atoms with van der Waals surface area (Å²) in [6.45, 7) is 4.14. The highest BCUT2D eigenvalue weighted by Crippen LogP contribution is 2.22. The number of carbonyl (C=O) groups excluding carboxylic acids is 4. The standard InChI is InChI=1S/C29H34N6O5/c1-18(2)24-29-34-23(17-40-29)26(37)31-14-7-6-12-21(32-25(36)20-11-8-13-30-16-20)27(38)33-22(28(39)35-24)15-19-9-4-3-5-10-19/h3-5,8-11,13,16-18,21-22,24H,6-7,12,14-15H2,1-2H3,(H,31,37)(H,32,36)(H,33,38)(H,35,39)/t21-,22-,24-/m0/s1. The molecule has 0 aliphatic carbocycles. The topological polar surface area (TPSA) is 155 Å². The van der Waals surface area contributed by atoms with Crippen molar-refractivity contribution in [1.82, 2.24) is 31.2 Å². The normalized spacial score (nSPS) is 20.8. The van der Waals surface area contributed by atoms with Crippen LogP contribution in [0.1, 0.15) is 71.5 Å². The molecule has 1 aliphatic heterocycles. The maximum absolute atomic E-state index is 13.6. The summed E-state index contributed by atoms with van der Waals surface area (Å²) in [6.07, 6.45) is 5.87. The smallest absolute Gasteiger partial charge is 0.273 e. The number of hydrogen-bond acceptors (Lipinski definition) is 7. The predicted molar refractivity (Wildman–Crippen MR) is 146 cm³/mol. The van der Waals surface area contributed by atoms with E-state index in [-0.39, 0.29) is 23.9 Å². The second-order valence-electron chi connectivity index (χ2n) is 10.1. The highest BCUT2D eigenvalue weighted by atomic mass is 16.3. The first-order valence-electron chi connectivity index (χ1n) is 13.4. The van der Waals surface area contributed by atoms with E-state index in [4.69, 9.17) is 4.42 Å². The second kappa shape index (κ2) is 13.5. The Balaban J connectivity index is 1.62. The van der Waals surface area contributed by atoms with Gasteiger partial charge in [0.25, 0.3) is 11.8 Å². The molecule has 11 nitrogen and oxygen atoms in total. The largest absolute Gasteiger partial charge is 0.446 e. The van der Waals surface area contributed by atoms with Crippen molar-refractivity contribution in [2.24, 2.45) is 5.92 Å². The van der Waals surface area contributed by atoms with Gasteiger partial charge in [-0.15, -0.1) is 0 Å². The van der Waals surface area contributed by atoms with Crippen LogP contribution in [0.25, 0.3) is 0 Å². The summed E-state index contributed by atoms with van der Waals surface area (Å²) in [6, 6.07) is 10.1. The number of aromatic nitrogens is 2. The van der Waals surface area contributed by atoms with Gasteiger partial charge in [0.05, 0.1) is 5.56 Å². The lowest BCUT2D eigenvalue weighted by molar-refractivity contribution is -0.130. The zero-order valence-electron chi connectivity index (χ0n) is 22.6. The van der Waals surface area contributed by atoms with Gasteiger partial charge in [0.2, 0.25) is 17.7 Å². The zero-order valence-corrected chi connectivity index (χ0v) is 22.6. The van der Waals surface area contributed by atoms with Crippen molar-refractivity contribution < 1.29 is 23.6 Å². The Morgan fingerprint density at radius 1 is 1.05 bits per heavy atom. The summed E-state index contributed by atoms with van der Waals surface area (Å²) in [7, 11) is 0. The van der Waals surface area contributed by atoms with E-state index in [2.05, 4.69) is 31.2 Å². The summed E-state index contributed by atoms with van der Waals surface area (Å²) in [5.74, 6) is -1.69. The summed E-state index contributed by atoms with van der Waals surface area (Å²) >= 11 is 0. The Kier molecular flexibility index (Phi) is 9.61. The number of fused-ring (bicyclic) bond motifs is 2. The van der Waals surface area contributed by atoms with E-state index in [0.717, 1.165) is 5.56 Å². The van der Waals surface area contributed by atoms with E-state index in [1.165, 1.54) is 12.5 Å². The summed E-state index contributed by atoms with van der Waals surface area (Å²) < 4.78 is 5.58. The van der Waals surface area contributed by atoms with E-state index in [9.17, 15) is 19.2 Å². The molecule has 1 aromatic carbocycles. The van der Waals surface area contributed by atoms with Crippen LogP contribution in [0, 0.1) is 5.92 Å². The molecule has 4 amide bonds. The van der Waals surface area contributed by atoms with Gasteiger partial charge in [0.15, 0.2) is 5.69 Å². The van der Waals surface area contributed by atoms with E-state index in [1.54, 1.807) is 18.3 Å². The molecule has 210 valence electrons. The van der Waals surface area contributed by atoms with Gasteiger partial charge in [-0.05, 0) is 42.9 Å². The Labute approximate surface area is 232 Å². The van der Waals surface area contributed by atoms with Crippen molar-refractivity contribution in [2.75, 3.05) is 6.54 Å². The average Bonchev–Trinajstić information content (AvgIpc) is 3.45. The quantitative estimate of drug-likeness (QED) is 0.383. The SMILES string of the molecule is CC(C)[C@@H]1NC(=O)[C@H](Cc2ccccc2)NC(=O)[C@@H](NC(=O)c2cccnc2)CCCCNC(=O)c2coc1n2. The third kappa shape index (κ3) is 7.52. The third-order valence-electron chi connectivity index (χ3n) is 6.65. The Hall–Kier alpha value is -4.54. The molecule has 4 N–H and O–H groups in total. The van der Waals surface area contributed by atoms with Crippen LogP contribution in [0.15, 0.2) is 65.5 Å². The number of carbonyl (C=O) groups is 4. The zero-order chi connectivity index (χ0) is 28.5. The second-order valence-corrected chi connectivity index (χ2v) is 10.1. The van der Waals surface area contributed by atoms with Crippen molar-refractivity contribution in [3.8, 4) is 0 Å². The molecule has 40 heavy (non-hydrogen) atoms. The van der Waals surface area contributed by atoms with Crippen LogP contribution in [-0.4, -0.2) is 52.2 Å². The molecule has 11 heteroatoms. The Bertz CT molecular complexity index is 1310. The minimum atomic E-state index is -0.945. The molecule has 0 fully saturated rings. The summed E-state index contributed by atoms with van der Waals surface area (Å²) in [5.41, 5.74) is 1.29. The molecule has 0 unspecified atom stereocenters. The van der Waals surface area contributed by atoms with Crippen molar-refractivity contribution in [3.05, 3.63) is 83.8 Å². The lowest BCUT2D eigenvalue weighted by Gasteiger charge is -2.26. The molecular weight excluding hydrogens is 512 g/mol. The molecule has 2 bridgehead atoms. The summed E-state index contributed by atoms with van der Waals surface area (Å²) in [4.78, 5) is 61.0. The highest BCUT2D eigenvalue weighted by molar-refractivity contribution is 5.98. The molecule has 2 aromatic heterocycles. The molecule has 1 aliphatic rings. The molecule has 3 atom stereocenters. The first-order valence-corrected chi connectivity index (χ1v) is 13.4. The maximum Gasteiger partial charge on any atom is 0.273 e. The van der Waals surface area contributed by atoms with Crippen LogP contribution >= 0.6 is 0 Å². The molecule has 0 saturated heterocycles. The molecule has 0 spiro atoms. The van der Waals surface area contributed by atoms with Crippen LogP contribution in [0.4, 0.5) is 0 Å². The molecular formula is C29H34N6O5. The van der Waals surface area contributed by atoms with Gasteiger partial charge in [0, 0.05) is 25.4 Å². The first kappa shape index (κ1) is 28.5. The Morgan fingerprint density at radius 2 is 1.85 bits per heavy atom. The molecule has 0 radical (unpaired) electrons. The van der Waals surface area contributed by atoms with Crippen molar-refractivity contribution in [3.63, 3.8) is 0 Å². The summed E-state index contributed by atoms with van der Waals surface area (Å²) in [5, 5.41) is 11.4. The minimum absolute atomic E-state index is 0.123. The molecule has 0 saturated carbocycles. The number of amides is 4. The van der Waals surface area contributed by atoms with Crippen LogP contribution < -0.4 is 21.3 Å². The number of nitrogens with zero attached hydrogens (tertiary/aromatic N) is 2. The fourth-order valence-electron chi connectivity index (χ4n) is 4.41. The minimum Gasteiger partial charge on any atom is -0.446 e. The van der Waals surface area contributed by atoms with E-state index in [1.807, 2.05) is 44.2 Å². The van der Waals surface area contributed by atoms with Crippen LogP contribution in [0.2, 0.25) is 0 Å². The lowest BCUT2D eigenvalue weighted by Crippen LogP contribution is -2.55. The average molecular weight is 547 g/mol. The number of oxazole rings is 1. The van der Waals surface area contributed by atoms with Gasteiger partial charge < -0.3 is 25.7 Å². The van der Waals surface area contributed by atoms with E-state index >= 15 is 0 Å². The molecule has 3 heterocycles. The molecule has 4 rings (SSSR count). The van der Waals surface area contributed by atoms with Gasteiger partial charge in [0.1, 0.15) is 24.4 Å². The van der Waals surface area contributed by atoms with Crippen LogP contribution in [0.3, 0.4) is 0 Å². The van der Waals surface area contributed by atoms with E-state index < -0.39 is 41.8 Å². The van der Waals surface area contributed by atoms with Crippen LogP contribution in [-0.2, 0) is 16.0 Å². The van der Waals surface area contributed by atoms with Gasteiger partial charge in [-0.2, -0.15) is 0 Å². The maximum atomic E-state index is 13.6. The highest BCUT2D eigenvalue weighted by Gasteiger charge is 2.31. The van der Waals surface area contributed by atoms with E-state index in [0.29, 0.717) is 31.4 Å². The number of pyridine rings is 1. The third-order valence-corrected chi connectivity index (χ3v) is 6.65. The van der Waals surface area contributed by atoms with Gasteiger partial charge in [-0.25, -0.2) is 4.98 Å². The Morgan fingerprint density at radius 3 is 2.58 bits per heavy atom. The fourth-order valence-corrected chi connectivity index (χ4v) is 4.41. The van der Waals surface area contributed by atoms with Gasteiger partial charge in [-0.3, -0.25) is 24.2 Å². The number of hydrogen-bond donors (Lipinski definition) is 4. The van der Waals surface area contributed by atoms with Crippen molar-refractivity contribution in [1.29, 1.82) is 0 Å². The van der Waals surface area contributed by atoms with Crippen molar-refractivity contribution >= 4 is 23.6 Å². The first-order chi connectivity index (χ1) is 19.3. The van der Waals surface area contributed by atoms with Crippen molar-refractivity contribution in [2.45, 2.75) is 57.7 Å². The van der Waals surface area contributed by atoms with Crippen LogP contribution in [0.5, 0.6) is 0 Å². The number of benzene rings is 1. The number of nitrogens with one attached hydrogen (secondary N) is 4. The predicted octanol–water partition coefficient (Wildman–Crippen LogP) is 2.32.